The van der Waals surface area contributed by atoms with E-state index in [0.717, 1.165) is 31.6 Å². The highest BCUT2D eigenvalue weighted by Crippen LogP contribution is 2.06. The highest BCUT2D eigenvalue weighted by atomic mass is 15.1. The molecule has 0 aliphatic heterocycles. The van der Waals surface area contributed by atoms with Crippen molar-refractivity contribution in [1.29, 1.82) is 0 Å². The van der Waals surface area contributed by atoms with Crippen LogP contribution in [-0.2, 0) is 6.42 Å². The van der Waals surface area contributed by atoms with E-state index in [9.17, 15) is 0 Å². The SMILES string of the molecule is CC[C@H](C)[C@@H](N)CN(C)CCc1ccccn1. The third-order valence-electron chi connectivity index (χ3n) is 3.37. The second kappa shape index (κ2) is 7.41. The van der Waals surface area contributed by atoms with Crippen molar-refractivity contribution in [3.05, 3.63) is 30.1 Å². The molecule has 1 aromatic heterocycles. The summed E-state index contributed by atoms with van der Waals surface area (Å²) < 4.78 is 0. The molecule has 0 bridgehead atoms. The Balaban J connectivity index is 2.28. The van der Waals surface area contributed by atoms with Crippen LogP contribution in [0.4, 0.5) is 0 Å². The normalized spacial score (nSPS) is 14.9. The van der Waals surface area contributed by atoms with Gasteiger partial charge in [-0.25, -0.2) is 0 Å². The van der Waals surface area contributed by atoms with Gasteiger partial charge in [0.2, 0.25) is 0 Å². The van der Waals surface area contributed by atoms with E-state index in [1.807, 2.05) is 18.3 Å². The van der Waals surface area contributed by atoms with Crippen molar-refractivity contribution in [2.75, 3.05) is 20.1 Å². The molecule has 0 spiro atoms. The Hall–Kier alpha value is -0.930. The first kappa shape index (κ1) is 14.1. The molecule has 0 saturated heterocycles. The fourth-order valence-corrected chi connectivity index (χ4v) is 1.79. The lowest BCUT2D eigenvalue weighted by Gasteiger charge is -2.24. The zero-order valence-electron chi connectivity index (χ0n) is 11.3. The van der Waals surface area contributed by atoms with Crippen LogP contribution in [0.15, 0.2) is 24.4 Å². The minimum atomic E-state index is 0.272. The summed E-state index contributed by atoms with van der Waals surface area (Å²) in [6.07, 6.45) is 3.99. The van der Waals surface area contributed by atoms with Crippen molar-refractivity contribution < 1.29 is 0 Å². The van der Waals surface area contributed by atoms with Crippen molar-refractivity contribution >= 4 is 0 Å². The Labute approximate surface area is 105 Å². The van der Waals surface area contributed by atoms with E-state index in [4.69, 9.17) is 5.73 Å². The molecule has 2 atom stereocenters. The van der Waals surface area contributed by atoms with Gasteiger partial charge in [0.15, 0.2) is 0 Å². The fourth-order valence-electron chi connectivity index (χ4n) is 1.79. The van der Waals surface area contributed by atoms with Crippen LogP contribution in [0.5, 0.6) is 0 Å². The van der Waals surface area contributed by atoms with E-state index >= 15 is 0 Å². The van der Waals surface area contributed by atoms with Crippen molar-refractivity contribution in [3.63, 3.8) is 0 Å². The Morgan fingerprint density at radius 2 is 2.18 bits per heavy atom. The molecule has 0 aromatic carbocycles. The summed E-state index contributed by atoms with van der Waals surface area (Å²) in [5.74, 6) is 0.590. The van der Waals surface area contributed by atoms with Gasteiger partial charge in [-0.05, 0) is 25.1 Å². The molecule has 17 heavy (non-hydrogen) atoms. The predicted molar refractivity (Wildman–Crippen MR) is 72.9 cm³/mol. The zero-order valence-corrected chi connectivity index (χ0v) is 11.3. The zero-order chi connectivity index (χ0) is 12.7. The Kier molecular flexibility index (Phi) is 6.16. The number of aromatic nitrogens is 1. The van der Waals surface area contributed by atoms with Gasteiger partial charge in [-0.1, -0.05) is 26.3 Å². The van der Waals surface area contributed by atoms with Crippen LogP contribution in [0.3, 0.4) is 0 Å². The Bertz CT molecular complexity index is 300. The van der Waals surface area contributed by atoms with E-state index in [-0.39, 0.29) is 6.04 Å². The molecule has 0 unspecified atom stereocenters. The summed E-state index contributed by atoms with van der Waals surface area (Å²) in [6.45, 7) is 6.39. The van der Waals surface area contributed by atoms with Gasteiger partial charge >= 0.3 is 0 Å². The van der Waals surface area contributed by atoms with Crippen molar-refractivity contribution in [3.8, 4) is 0 Å². The van der Waals surface area contributed by atoms with E-state index in [1.54, 1.807) is 0 Å². The molecule has 0 amide bonds. The third-order valence-corrected chi connectivity index (χ3v) is 3.37. The molecule has 3 nitrogen and oxygen atoms in total. The number of nitrogens with zero attached hydrogens (tertiary/aromatic N) is 2. The lowest BCUT2D eigenvalue weighted by Crippen LogP contribution is -2.40. The topological polar surface area (TPSA) is 42.1 Å². The van der Waals surface area contributed by atoms with Gasteiger partial charge < -0.3 is 10.6 Å². The first-order valence-corrected chi connectivity index (χ1v) is 6.47. The van der Waals surface area contributed by atoms with Crippen molar-refractivity contribution in [2.24, 2.45) is 11.7 Å². The lowest BCUT2D eigenvalue weighted by molar-refractivity contribution is 0.276. The number of nitrogens with two attached hydrogens (primary N) is 1. The maximum absolute atomic E-state index is 6.14. The fraction of sp³-hybridized carbons (Fsp3) is 0.643. The maximum Gasteiger partial charge on any atom is 0.0416 e. The van der Waals surface area contributed by atoms with E-state index < -0.39 is 0 Å². The average molecular weight is 235 g/mol. The molecule has 1 rings (SSSR count). The van der Waals surface area contributed by atoms with Crippen LogP contribution >= 0.6 is 0 Å². The van der Waals surface area contributed by atoms with Crippen LogP contribution in [-0.4, -0.2) is 36.1 Å². The number of rotatable bonds is 7. The molecule has 0 aliphatic carbocycles. The largest absolute Gasteiger partial charge is 0.326 e. The number of hydrogen-bond donors (Lipinski definition) is 1. The molecular formula is C14H25N3. The van der Waals surface area contributed by atoms with Gasteiger partial charge in [0, 0.05) is 37.4 Å². The van der Waals surface area contributed by atoms with Gasteiger partial charge in [0.05, 0.1) is 0 Å². The second-order valence-electron chi connectivity index (χ2n) is 4.88. The van der Waals surface area contributed by atoms with Gasteiger partial charge in [0.1, 0.15) is 0 Å². The first-order valence-electron chi connectivity index (χ1n) is 6.47. The third kappa shape index (κ3) is 5.29. The minimum absolute atomic E-state index is 0.272. The quantitative estimate of drug-likeness (QED) is 0.785. The summed E-state index contributed by atoms with van der Waals surface area (Å²) >= 11 is 0. The Morgan fingerprint density at radius 3 is 2.76 bits per heavy atom. The second-order valence-corrected chi connectivity index (χ2v) is 4.88. The number of likely N-dealkylation sites (N-methyl/N-ethyl adjacent to an activating group) is 1. The average Bonchev–Trinajstić information content (AvgIpc) is 2.36. The monoisotopic (exact) mass is 235 g/mol. The summed E-state index contributed by atoms with van der Waals surface area (Å²) in [5, 5.41) is 0. The number of pyridine rings is 1. The molecule has 0 fully saturated rings. The molecule has 3 heteroatoms. The number of hydrogen-bond acceptors (Lipinski definition) is 3. The maximum atomic E-state index is 6.14. The molecular weight excluding hydrogens is 210 g/mol. The molecule has 1 heterocycles. The first-order chi connectivity index (χ1) is 8.13. The highest BCUT2D eigenvalue weighted by Gasteiger charge is 2.12. The van der Waals surface area contributed by atoms with Crippen molar-refractivity contribution in [1.82, 2.24) is 9.88 Å². The molecule has 1 aromatic rings. The van der Waals surface area contributed by atoms with Crippen LogP contribution in [0, 0.1) is 5.92 Å². The van der Waals surface area contributed by atoms with Crippen LogP contribution in [0.1, 0.15) is 26.0 Å². The van der Waals surface area contributed by atoms with Gasteiger partial charge in [0.25, 0.3) is 0 Å². The van der Waals surface area contributed by atoms with Crippen LogP contribution in [0.25, 0.3) is 0 Å². The van der Waals surface area contributed by atoms with E-state index in [2.05, 4.69) is 36.8 Å². The van der Waals surface area contributed by atoms with Crippen LogP contribution < -0.4 is 5.73 Å². The summed E-state index contributed by atoms with van der Waals surface area (Å²) in [4.78, 5) is 6.62. The van der Waals surface area contributed by atoms with Gasteiger partial charge in [-0.15, -0.1) is 0 Å². The predicted octanol–water partition coefficient (Wildman–Crippen LogP) is 1.93. The summed E-state index contributed by atoms with van der Waals surface area (Å²) in [5.41, 5.74) is 7.29. The standard InChI is InChI=1S/C14H25N3/c1-4-12(2)14(15)11-17(3)10-8-13-7-5-6-9-16-13/h5-7,9,12,14H,4,8,10-11,15H2,1-3H3/t12-,14-/m0/s1. The van der Waals surface area contributed by atoms with Crippen molar-refractivity contribution in [2.45, 2.75) is 32.7 Å². The van der Waals surface area contributed by atoms with E-state index in [1.165, 1.54) is 0 Å². The summed E-state index contributed by atoms with van der Waals surface area (Å²) in [6, 6.07) is 6.33. The lowest BCUT2D eigenvalue weighted by atomic mass is 10.00. The van der Waals surface area contributed by atoms with E-state index in [0.29, 0.717) is 5.92 Å². The van der Waals surface area contributed by atoms with Crippen LogP contribution in [0.2, 0.25) is 0 Å². The van der Waals surface area contributed by atoms with Gasteiger partial charge in [-0.2, -0.15) is 0 Å². The minimum Gasteiger partial charge on any atom is -0.326 e. The summed E-state index contributed by atoms with van der Waals surface area (Å²) in [7, 11) is 2.13. The van der Waals surface area contributed by atoms with Gasteiger partial charge in [-0.3, -0.25) is 4.98 Å². The molecule has 2 N–H and O–H groups in total. The highest BCUT2D eigenvalue weighted by molar-refractivity contribution is 5.03. The molecule has 0 radical (unpaired) electrons. The molecule has 0 aliphatic rings. The molecule has 0 saturated carbocycles. The molecule has 96 valence electrons. The Morgan fingerprint density at radius 1 is 1.41 bits per heavy atom. The smallest absolute Gasteiger partial charge is 0.0416 e.